The quantitative estimate of drug-likeness (QED) is 0.684. The molecule has 1 aromatic carbocycles. The Morgan fingerprint density at radius 1 is 1.44 bits per heavy atom. The molecule has 1 saturated heterocycles. The highest BCUT2D eigenvalue weighted by molar-refractivity contribution is 14.1. The predicted molar refractivity (Wildman–Crippen MR) is 86.7 cm³/mol. The molecule has 4 nitrogen and oxygen atoms in total. The molecule has 1 aliphatic heterocycles. The Labute approximate surface area is 134 Å². The number of halogens is 2. The number of carbonyl (C=O) groups is 1. The zero-order valence-corrected chi connectivity index (χ0v) is 14.5. The van der Waals surface area contributed by atoms with Gasteiger partial charge in [0.1, 0.15) is 5.75 Å². The van der Waals surface area contributed by atoms with Crippen LogP contribution in [0.2, 0.25) is 0 Å². The predicted octanol–water partition coefficient (Wildman–Crippen LogP) is 1.83. The van der Waals surface area contributed by atoms with Crippen molar-refractivity contribution in [3.05, 3.63) is 24.8 Å². The molecule has 0 radical (unpaired) electrons. The average molecular weight is 472 g/mol. The summed E-state index contributed by atoms with van der Waals surface area (Å²) in [6, 6.07) is 4.05. The van der Waals surface area contributed by atoms with Crippen LogP contribution >= 0.6 is 45.2 Å². The maximum Gasteiger partial charge on any atom is 0.240 e. The van der Waals surface area contributed by atoms with Crippen LogP contribution in [0.1, 0.15) is 5.56 Å². The summed E-state index contributed by atoms with van der Waals surface area (Å²) in [6.45, 7) is 0.633. The molecular weight excluding hydrogens is 458 g/mol. The molecule has 0 spiro atoms. The molecule has 2 rings (SSSR count). The van der Waals surface area contributed by atoms with Gasteiger partial charge < -0.3 is 9.64 Å². The van der Waals surface area contributed by atoms with Crippen LogP contribution in [0.4, 0.5) is 0 Å². The largest absolute Gasteiger partial charge is 0.495 e. The first-order chi connectivity index (χ1) is 8.52. The van der Waals surface area contributed by atoms with Crippen molar-refractivity contribution in [1.82, 2.24) is 10.2 Å². The smallest absolute Gasteiger partial charge is 0.240 e. The molecular formula is C12H14I2N2O2. The molecule has 1 heterocycles. The van der Waals surface area contributed by atoms with Crippen LogP contribution in [0.15, 0.2) is 12.1 Å². The van der Waals surface area contributed by atoms with Crippen LogP contribution in [-0.4, -0.2) is 37.7 Å². The molecule has 1 N–H and O–H groups in total. The van der Waals surface area contributed by atoms with E-state index < -0.39 is 0 Å². The first-order valence-corrected chi connectivity index (χ1v) is 7.69. The number of nitrogens with one attached hydrogen (secondary N) is 1. The molecule has 0 saturated carbocycles. The fraction of sp³-hybridized carbons (Fsp3) is 0.417. The molecule has 1 aliphatic rings. The van der Waals surface area contributed by atoms with E-state index in [1.165, 1.54) is 0 Å². The van der Waals surface area contributed by atoms with E-state index >= 15 is 0 Å². The minimum atomic E-state index is -0.102. The highest BCUT2D eigenvalue weighted by Crippen LogP contribution is 2.29. The van der Waals surface area contributed by atoms with Gasteiger partial charge in [0.05, 0.1) is 27.0 Å². The van der Waals surface area contributed by atoms with Crippen LogP contribution in [0, 0.1) is 7.14 Å². The summed E-state index contributed by atoms with van der Waals surface area (Å²) < 4.78 is 7.49. The number of rotatable bonds is 3. The summed E-state index contributed by atoms with van der Waals surface area (Å²) in [6.07, 6.45) is 0.721. The topological polar surface area (TPSA) is 41.6 Å². The molecule has 0 unspecified atom stereocenters. The maximum atomic E-state index is 11.8. The number of amides is 1. The van der Waals surface area contributed by atoms with Gasteiger partial charge in [0.15, 0.2) is 0 Å². The Balaban J connectivity index is 2.18. The Morgan fingerprint density at radius 2 is 2.06 bits per heavy atom. The van der Waals surface area contributed by atoms with E-state index in [0.29, 0.717) is 6.67 Å². The van der Waals surface area contributed by atoms with Crippen LogP contribution in [-0.2, 0) is 11.2 Å². The molecule has 98 valence electrons. The average Bonchev–Trinajstić information content (AvgIpc) is 2.61. The molecule has 0 aromatic heterocycles. The molecule has 0 bridgehead atoms. The maximum absolute atomic E-state index is 11.8. The Morgan fingerprint density at radius 3 is 2.50 bits per heavy atom. The molecule has 1 fully saturated rings. The van der Waals surface area contributed by atoms with Gasteiger partial charge in [-0.25, -0.2) is 0 Å². The fourth-order valence-electron chi connectivity index (χ4n) is 2.00. The van der Waals surface area contributed by atoms with Gasteiger partial charge >= 0.3 is 0 Å². The van der Waals surface area contributed by atoms with Gasteiger partial charge in [-0.1, -0.05) is 0 Å². The van der Waals surface area contributed by atoms with Crippen LogP contribution in [0.3, 0.4) is 0 Å². The Bertz CT molecular complexity index is 456. The monoisotopic (exact) mass is 472 g/mol. The van der Waals surface area contributed by atoms with Gasteiger partial charge in [-0.3, -0.25) is 10.1 Å². The van der Waals surface area contributed by atoms with Crippen LogP contribution in [0.25, 0.3) is 0 Å². The van der Waals surface area contributed by atoms with Crippen molar-refractivity contribution in [3.63, 3.8) is 0 Å². The molecule has 0 aliphatic carbocycles. The summed E-state index contributed by atoms with van der Waals surface area (Å²) in [7, 11) is 3.49. The third-order valence-electron chi connectivity index (χ3n) is 2.95. The number of hydrogen-bond donors (Lipinski definition) is 1. The van der Waals surface area contributed by atoms with Crippen molar-refractivity contribution >= 4 is 51.1 Å². The van der Waals surface area contributed by atoms with E-state index in [-0.39, 0.29) is 11.9 Å². The number of likely N-dealkylation sites (N-methyl/N-ethyl adjacent to an activating group) is 1. The van der Waals surface area contributed by atoms with Crippen molar-refractivity contribution in [2.75, 3.05) is 20.8 Å². The zero-order valence-electron chi connectivity index (χ0n) is 10.2. The normalized spacial score (nSPS) is 19.4. The van der Waals surface area contributed by atoms with Crippen molar-refractivity contribution in [3.8, 4) is 5.75 Å². The molecule has 1 atom stereocenters. The lowest BCUT2D eigenvalue weighted by atomic mass is 10.1. The van der Waals surface area contributed by atoms with Crippen LogP contribution < -0.4 is 10.1 Å². The van der Waals surface area contributed by atoms with Crippen molar-refractivity contribution < 1.29 is 9.53 Å². The first-order valence-electron chi connectivity index (χ1n) is 5.53. The van der Waals surface area contributed by atoms with Gasteiger partial charge in [0, 0.05) is 7.05 Å². The molecule has 6 heteroatoms. The molecule has 1 amide bonds. The second-order valence-corrected chi connectivity index (χ2v) is 6.57. The number of methoxy groups -OCH3 is 1. The summed E-state index contributed by atoms with van der Waals surface area (Å²) >= 11 is 4.52. The number of nitrogens with zero attached hydrogens (tertiary/aromatic N) is 1. The van der Waals surface area contributed by atoms with E-state index in [9.17, 15) is 4.79 Å². The minimum absolute atomic E-state index is 0.102. The number of ether oxygens (including phenoxy) is 1. The lowest BCUT2D eigenvalue weighted by molar-refractivity contribution is -0.127. The minimum Gasteiger partial charge on any atom is -0.495 e. The summed E-state index contributed by atoms with van der Waals surface area (Å²) in [5.74, 6) is 1.07. The highest BCUT2D eigenvalue weighted by atomic mass is 127. The lowest BCUT2D eigenvalue weighted by Crippen LogP contribution is -2.31. The Kier molecular flexibility index (Phi) is 4.70. The zero-order chi connectivity index (χ0) is 13.3. The van der Waals surface area contributed by atoms with Gasteiger partial charge in [-0.2, -0.15) is 0 Å². The molecule has 1 aromatic rings. The van der Waals surface area contributed by atoms with E-state index in [1.54, 1.807) is 12.0 Å². The second-order valence-electron chi connectivity index (χ2n) is 4.25. The Hall–Kier alpha value is -0.0900. The van der Waals surface area contributed by atoms with Crippen LogP contribution in [0.5, 0.6) is 5.75 Å². The van der Waals surface area contributed by atoms with E-state index in [0.717, 1.165) is 24.9 Å². The highest BCUT2D eigenvalue weighted by Gasteiger charge is 2.28. The van der Waals surface area contributed by atoms with Gasteiger partial charge in [-0.05, 0) is 69.3 Å². The van der Waals surface area contributed by atoms with E-state index in [2.05, 4.69) is 62.6 Å². The van der Waals surface area contributed by atoms with Crippen molar-refractivity contribution in [1.29, 1.82) is 0 Å². The third-order valence-corrected chi connectivity index (χ3v) is 4.55. The summed E-state index contributed by atoms with van der Waals surface area (Å²) in [5, 5.41) is 3.21. The van der Waals surface area contributed by atoms with E-state index in [1.807, 2.05) is 7.05 Å². The summed E-state index contributed by atoms with van der Waals surface area (Å²) in [5.41, 5.74) is 1.16. The second kappa shape index (κ2) is 5.91. The fourth-order valence-corrected chi connectivity index (χ4v) is 4.34. The lowest BCUT2D eigenvalue weighted by Gasteiger charge is -2.12. The first kappa shape index (κ1) is 14.3. The third kappa shape index (κ3) is 2.90. The number of carbonyl (C=O) groups excluding carboxylic acids is 1. The van der Waals surface area contributed by atoms with E-state index in [4.69, 9.17) is 4.74 Å². The molecule has 18 heavy (non-hydrogen) atoms. The van der Waals surface area contributed by atoms with Gasteiger partial charge in [-0.15, -0.1) is 0 Å². The van der Waals surface area contributed by atoms with Crippen molar-refractivity contribution in [2.45, 2.75) is 12.5 Å². The SMILES string of the molecule is COc1c(I)cc(C[C@@H]2NCN(C)C2=O)cc1I. The van der Waals surface area contributed by atoms with Crippen molar-refractivity contribution in [2.24, 2.45) is 0 Å². The van der Waals surface area contributed by atoms with Gasteiger partial charge in [0.25, 0.3) is 0 Å². The standard InChI is InChI=1S/C12H14I2N2O2/c1-16-6-15-10(12(16)17)5-7-3-8(13)11(18-2)9(14)4-7/h3-4,10,15H,5-6H2,1-2H3/t10-/m0/s1. The number of benzene rings is 1. The van der Waals surface area contributed by atoms with Gasteiger partial charge in [0.2, 0.25) is 5.91 Å². The number of hydrogen-bond acceptors (Lipinski definition) is 3. The summed E-state index contributed by atoms with van der Waals surface area (Å²) in [4.78, 5) is 13.6.